The molecule has 0 bridgehead atoms. The monoisotopic (exact) mass is 266 g/mol. The van der Waals surface area contributed by atoms with Crippen LogP contribution in [0.2, 0.25) is 0 Å². The zero-order chi connectivity index (χ0) is 14.4. The summed E-state index contributed by atoms with van der Waals surface area (Å²) < 4.78 is 0. The Morgan fingerprint density at radius 3 is 2.40 bits per heavy atom. The summed E-state index contributed by atoms with van der Waals surface area (Å²) in [7, 11) is 0. The molecule has 0 atom stereocenters. The van der Waals surface area contributed by atoms with Crippen molar-refractivity contribution in [1.29, 1.82) is 0 Å². The third kappa shape index (κ3) is 4.09. The lowest BCUT2D eigenvalue weighted by molar-refractivity contribution is -0.136. The minimum absolute atomic E-state index is 0.181. The largest absolute Gasteiger partial charge is 0.481 e. The van der Waals surface area contributed by atoms with Gasteiger partial charge >= 0.3 is 5.97 Å². The molecular weight excluding hydrogens is 248 g/mol. The Bertz CT molecular complexity index is 612. The highest BCUT2D eigenvalue weighted by Crippen LogP contribution is 2.21. The quantitative estimate of drug-likeness (QED) is 0.857. The van der Waals surface area contributed by atoms with Crippen LogP contribution in [-0.4, -0.2) is 11.1 Å². The molecule has 0 aliphatic rings. The molecule has 0 saturated carbocycles. The Kier molecular flexibility index (Phi) is 4.72. The molecular formula is C18H18O2. The lowest BCUT2D eigenvalue weighted by Crippen LogP contribution is -1.94. The molecule has 0 spiro atoms. The number of carboxylic acid groups (broad SMARTS) is 1. The van der Waals surface area contributed by atoms with Crippen LogP contribution >= 0.6 is 0 Å². The lowest BCUT2D eigenvalue weighted by Gasteiger charge is -2.04. The first-order valence-corrected chi connectivity index (χ1v) is 6.69. The van der Waals surface area contributed by atoms with Crippen molar-refractivity contribution in [1.82, 2.24) is 0 Å². The Morgan fingerprint density at radius 1 is 1.00 bits per heavy atom. The van der Waals surface area contributed by atoms with Crippen LogP contribution in [0.3, 0.4) is 0 Å². The number of aliphatic carboxylic acids is 1. The maximum atomic E-state index is 10.6. The van der Waals surface area contributed by atoms with E-state index in [1.807, 2.05) is 37.3 Å². The summed E-state index contributed by atoms with van der Waals surface area (Å²) in [5, 5.41) is 8.69. The van der Waals surface area contributed by atoms with Crippen molar-refractivity contribution in [3.05, 3.63) is 65.7 Å². The molecule has 0 aliphatic carbocycles. The number of hydrogen-bond acceptors (Lipinski definition) is 1. The zero-order valence-electron chi connectivity index (χ0n) is 11.5. The summed E-state index contributed by atoms with van der Waals surface area (Å²) in [6, 6.07) is 18.5. The Hall–Kier alpha value is -2.35. The molecule has 2 heteroatoms. The summed E-state index contributed by atoms with van der Waals surface area (Å²) in [5.41, 5.74) is 4.54. The van der Waals surface area contributed by atoms with Crippen molar-refractivity contribution in [3.8, 4) is 11.1 Å². The normalized spacial score (nSPS) is 11.3. The van der Waals surface area contributed by atoms with Crippen LogP contribution in [0, 0.1) is 0 Å². The van der Waals surface area contributed by atoms with Gasteiger partial charge in [0.15, 0.2) is 0 Å². The molecule has 2 rings (SSSR count). The van der Waals surface area contributed by atoms with Gasteiger partial charge in [0.1, 0.15) is 0 Å². The molecule has 0 radical (unpaired) electrons. The number of benzene rings is 2. The molecule has 0 saturated heterocycles. The molecule has 0 amide bonds. The average Bonchev–Trinajstić information content (AvgIpc) is 2.46. The van der Waals surface area contributed by atoms with Crippen LogP contribution < -0.4 is 0 Å². The van der Waals surface area contributed by atoms with E-state index in [1.165, 1.54) is 11.1 Å². The number of allylic oxidation sites excluding steroid dienone is 1. The van der Waals surface area contributed by atoms with Gasteiger partial charge in [-0.25, -0.2) is 0 Å². The van der Waals surface area contributed by atoms with Crippen molar-refractivity contribution in [2.45, 2.75) is 19.8 Å². The fourth-order valence-corrected chi connectivity index (χ4v) is 2.10. The molecule has 0 heterocycles. The van der Waals surface area contributed by atoms with E-state index in [4.69, 9.17) is 5.11 Å². The standard InChI is InChI=1S/C18H18O2/c1-14(10-11-18(19)20)12-15-6-5-9-17(13-15)16-7-3-2-4-8-16/h2-9,12-13H,10-11H2,1H3,(H,19,20). The van der Waals surface area contributed by atoms with E-state index in [2.05, 4.69) is 30.3 Å². The first-order chi connectivity index (χ1) is 9.65. The van der Waals surface area contributed by atoms with E-state index in [1.54, 1.807) is 0 Å². The van der Waals surface area contributed by atoms with E-state index in [9.17, 15) is 4.79 Å². The van der Waals surface area contributed by atoms with Gasteiger partial charge < -0.3 is 5.11 Å². The molecule has 0 aliphatic heterocycles. The van der Waals surface area contributed by atoms with Crippen LogP contribution in [0.15, 0.2) is 60.2 Å². The van der Waals surface area contributed by atoms with Crippen molar-refractivity contribution >= 4 is 12.0 Å². The average molecular weight is 266 g/mol. The van der Waals surface area contributed by atoms with Crippen molar-refractivity contribution in [3.63, 3.8) is 0 Å². The topological polar surface area (TPSA) is 37.3 Å². The van der Waals surface area contributed by atoms with Gasteiger partial charge in [-0.1, -0.05) is 60.2 Å². The number of rotatable bonds is 5. The highest BCUT2D eigenvalue weighted by Gasteiger charge is 2.00. The van der Waals surface area contributed by atoms with Gasteiger partial charge in [0.2, 0.25) is 0 Å². The van der Waals surface area contributed by atoms with Crippen LogP contribution in [-0.2, 0) is 4.79 Å². The van der Waals surface area contributed by atoms with Crippen LogP contribution in [0.1, 0.15) is 25.3 Å². The minimum atomic E-state index is -0.754. The van der Waals surface area contributed by atoms with E-state index in [0.29, 0.717) is 6.42 Å². The maximum Gasteiger partial charge on any atom is 0.303 e. The maximum absolute atomic E-state index is 10.6. The SMILES string of the molecule is CC(=Cc1cccc(-c2ccccc2)c1)CCC(=O)O. The predicted octanol–water partition coefficient (Wildman–Crippen LogP) is 4.62. The van der Waals surface area contributed by atoms with Crippen LogP contribution in [0.4, 0.5) is 0 Å². The molecule has 0 fully saturated rings. The summed E-state index contributed by atoms with van der Waals surface area (Å²) in [6.07, 6.45) is 2.82. The van der Waals surface area contributed by atoms with E-state index >= 15 is 0 Å². The van der Waals surface area contributed by atoms with E-state index < -0.39 is 5.97 Å². The van der Waals surface area contributed by atoms with Crippen molar-refractivity contribution in [2.24, 2.45) is 0 Å². The van der Waals surface area contributed by atoms with Gasteiger partial charge in [0, 0.05) is 6.42 Å². The second-order valence-corrected chi connectivity index (χ2v) is 4.88. The number of carboxylic acids is 1. The van der Waals surface area contributed by atoms with Gasteiger partial charge in [-0.15, -0.1) is 0 Å². The summed E-state index contributed by atoms with van der Waals surface area (Å²) >= 11 is 0. The van der Waals surface area contributed by atoms with E-state index in [-0.39, 0.29) is 6.42 Å². The van der Waals surface area contributed by atoms with Crippen molar-refractivity contribution in [2.75, 3.05) is 0 Å². The molecule has 0 aromatic heterocycles. The highest BCUT2D eigenvalue weighted by atomic mass is 16.4. The Labute approximate surface area is 119 Å². The predicted molar refractivity (Wildman–Crippen MR) is 82.4 cm³/mol. The van der Waals surface area contributed by atoms with Gasteiger partial charge in [-0.3, -0.25) is 4.79 Å². The molecule has 102 valence electrons. The molecule has 1 N–H and O–H groups in total. The Balaban J connectivity index is 2.18. The zero-order valence-corrected chi connectivity index (χ0v) is 11.5. The van der Waals surface area contributed by atoms with Gasteiger partial charge in [0.05, 0.1) is 0 Å². The fourth-order valence-electron chi connectivity index (χ4n) is 2.10. The third-order valence-electron chi connectivity index (χ3n) is 3.14. The highest BCUT2D eigenvalue weighted by molar-refractivity contribution is 5.69. The Morgan fingerprint density at radius 2 is 1.70 bits per heavy atom. The third-order valence-corrected chi connectivity index (χ3v) is 3.14. The lowest BCUT2D eigenvalue weighted by atomic mass is 10.0. The first-order valence-electron chi connectivity index (χ1n) is 6.69. The van der Waals surface area contributed by atoms with E-state index in [0.717, 1.165) is 11.1 Å². The molecule has 2 nitrogen and oxygen atoms in total. The molecule has 0 unspecified atom stereocenters. The first kappa shape index (κ1) is 14.1. The smallest absolute Gasteiger partial charge is 0.303 e. The number of hydrogen-bond donors (Lipinski definition) is 1. The summed E-state index contributed by atoms with van der Waals surface area (Å²) in [5.74, 6) is -0.754. The van der Waals surface area contributed by atoms with Crippen LogP contribution in [0.5, 0.6) is 0 Å². The molecule has 20 heavy (non-hydrogen) atoms. The fraction of sp³-hybridized carbons (Fsp3) is 0.167. The molecule has 2 aromatic rings. The summed E-state index contributed by atoms with van der Waals surface area (Å²) in [4.78, 5) is 10.6. The second kappa shape index (κ2) is 6.71. The molecule has 2 aromatic carbocycles. The summed E-state index contributed by atoms with van der Waals surface area (Å²) in [6.45, 7) is 1.97. The van der Waals surface area contributed by atoms with Gasteiger partial charge in [-0.05, 0) is 36.1 Å². The van der Waals surface area contributed by atoms with Crippen LogP contribution in [0.25, 0.3) is 17.2 Å². The number of carbonyl (C=O) groups is 1. The van der Waals surface area contributed by atoms with Gasteiger partial charge in [-0.2, -0.15) is 0 Å². The second-order valence-electron chi connectivity index (χ2n) is 4.88. The minimum Gasteiger partial charge on any atom is -0.481 e. The van der Waals surface area contributed by atoms with Crippen molar-refractivity contribution < 1.29 is 9.90 Å². The van der Waals surface area contributed by atoms with Gasteiger partial charge in [0.25, 0.3) is 0 Å².